The van der Waals surface area contributed by atoms with Gasteiger partial charge in [-0.2, -0.15) is 0 Å². The summed E-state index contributed by atoms with van der Waals surface area (Å²) in [5, 5.41) is 0.416. The number of carbonyl (C=O) groups excluding carboxylic acids is 2. The third kappa shape index (κ3) is 4.54. The molecule has 132 valence electrons. The van der Waals surface area contributed by atoms with E-state index in [0.717, 1.165) is 0 Å². The number of ether oxygens (including phenoxy) is 2. The molecule has 1 heterocycles. The summed E-state index contributed by atoms with van der Waals surface area (Å²) in [6.07, 6.45) is -0.317. The number of nitrogens with zero attached hydrogens (tertiary/aromatic N) is 2. The minimum absolute atomic E-state index is 0.0139. The van der Waals surface area contributed by atoms with Gasteiger partial charge in [-0.15, -0.1) is 0 Å². The molecule has 2 rings (SSSR count). The zero-order chi connectivity index (χ0) is 17.7. The van der Waals surface area contributed by atoms with Gasteiger partial charge in [0.25, 0.3) is 5.91 Å². The van der Waals surface area contributed by atoms with Crippen LogP contribution in [0.5, 0.6) is 5.75 Å². The number of carbonyl (C=O) groups is 2. The van der Waals surface area contributed by atoms with Gasteiger partial charge in [0.1, 0.15) is 5.75 Å². The van der Waals surface area contributed by atoms with E-state index < -0.39 is 0 Å². The standard InChI is InChI=1S/C17H23ClN2O4/c1-4-23-17(22)20-9-7-19(8-10-20)16(21)13-5-6-15(14(18)11-13)24-12(2)3/h5-6,11-12H,4,7-10H2,1-3H3. The Kier molecular flexibility index (Phi) is 6.31. The van der Waals surface area contributed by atoms with E-state index in [9.17, 15) is 9.59 Å². The monoisotopic (exact) mass is 354 g/mol. The van der Waals surface area contributed by atoms with E-state index >= 15 is 0 Å². The Morgan fingerprint density at radius 3 is 2.33 bits per heavy atom. The van der Waals surface area contributed by atoms with Crippen molar-refractivity contribution in [3.05, 3.63) is 28.8 Å². The Balaban J connectivity index is 1.98. The number of hydrogen-bond acceptors (Lipinski definition) is 4. The Morgan fingerprint density at radius 1 is 1.17 bits per heavy atom. The molecule has 2 amide bonds. The Labute approximate surface area is 147 Å². The van der Waals surface area contributed by atoms with Crippen LogP contribution in [0, 0.1) is 0 Å². The second kappa shape index (κ2) is 8.24. The molecule has 1 aromatic carbocycles. The fourth-order valence-corrected chi connectivity index (χ4v) is 2.70. The SMILES string of the molecule is CCOC(=O)N1CCN(C(=O)c2ccc(OC(C)C)c(Cl)c2)CC1. The molecule has 0 bridgehead atoms. The van der Waals surface area contributed by atoms with Gasteiger partial charge in [-0.05, 0) is 39.0 Å². The van der Waals surface area contributed by atoms with Gasteiger partial charge >= 0.3 is 6.09 Å². The molecule has 0 radical (unpaired) electrons. The van der Waals surface area contributed by atoms with Gasteiger partial charge in [-0.1, -0.05) is 11.6 Å². The summed E-state index contributed by atoms with van der Waals surface area (Å²) in [5.74, 6) is 0.465. The third-order valence-corrected chi connectivity index (χ3v) is 3.93. The van der Waals surface area contributed by atoms with E-state index in [4.69, 9.17) is 21.1 Å². The molecule has 6 nitrogen and oxygen atoms in total. The molecule has 0 N–H and O–H groups in total. The first-order chi connectivity index (χ1) is 11.4. The van der Waals surface area contributed by atoms with E-state index in [1.165, 1.54) is 0 Å². The van der Waals surface area contributed by atoms with Crippen LogP contribution in [0.1, 0.15) is 31.1 Å². The van der Waals surface area contributed by atoms with Gasteiger partial charge in [0, 0.05) is 31.7 Å². The summed E-state index contributed by atoms with van der Waals surface area (Å²) in [4.78, 5) is 27.6. The van der Waals surface area contributed by atoms with Gasteiger partial charge in [0.15, 0.2) is 0 Å². The molecule has 1 saturated heterocycles. The Bertz CT molecular complexity index is 598. The predicted octanol–water partition coefficient (Wildman–Crippen LogP) is 3.04. The molecule has 1 aliphatic heterocycles. The number of halogens is 1. The molecule has 0 spiro atoms. The average Bonchev–Trinajstić information content (AvgIpc) is 2.56. The average molecular weight is 355 g/mol. The topological polar surface area (TPSA) is 59.1 Å². The lowest BCUT2D eigenvalue weighted by molar-refractivity contribution is 0.0570. The molecular formula is C17H23ClN2O4. The molecule has 0 unspecified atom stereocenters. The van der Waals surface area contributed by atoms with Crippen LogP contribution in [0.3, 0.4) is 0 Å². The summed E-state index contributed by atoms with van der Waals surface area (Å²) in [5.41, 5.74) is 0.515. The number of piperazine rings is 1. The van der Waals surface area contributed by atoms with Crippen molar-refractivity contribution in [2.24, 2.45) is 0 Å². The van der Waals surface area contributed by atoms with E-state index in [-0.39, 0.29) is 18.1 Å². The van der Waals surface area contributed by atoms with Crippen molar-refractivity contribution >= 4 is 23.6 Å². The molecule has 0 aliphatic carbocycles. The van der Waals surface area contributed by atoms with Crippen molar-refractivity contribution in [3.63, 3.8) is 0 Å². The van der Waals surface area contributed by atoms with Crippen molar-refractivity contribution in [1.82, 2.24) is 9.80 Å². The first-order valence-corrected chi connectivity index (χ1v) is 8.47. The highest BCUT2D eigenvalue weighted by atomic mass is 35.5. The minimum Gasteiger partial charge on any atom is -0.489 e. The second-order valence-electron chi connectivity index (χ2n) is 5.79. The molecule has 1 aliphatic rings. The summed E-state index contributed by atoms with van der Waals surface area (Å²) in [7, 11) is 0. The van der Waals surface area contributed by atoms with Crippen LogP contribution in [0.25, 0.3) is 0 Å². The molecule has 0 saturated carbocycles. The van der Waals surface area contributed by atoms with Crippen LogP contribution in [0.2, 0.25) is 5.02 Å². The predicted molar refractivity (Wildman–Crippen MR) is 91.7 cm³/mol. The van der Waals surface area contributed by atoms with Gasteiger partial charge in [-0.25, -0.2) is 4.79 Å². The fraction of sp³-hybridized carbons (Fsp3) is 0.529. The van der Waals surface area contributed by atoms with E-state index in [1.807, 2.05) is 13.8 Å². The first kappa shape index (κ1) is 18.4. The van der Waals surface area contributed by atoms with Crippen molar-refractivity contribution in [2.45, 2.75) is 26.9 Å². The molecule has 7 heteroatoms. The van der Waals surface area contributed by atoms with Gasteiger partial charge in [-0.3, -0.25) is 4.79 Å². The molecule has 1 aromatic rings. The quantitative estimate of drug-likeness (QED) is 0.833. The summed E-state index contributed by atoms with van der Waals surface area (Å²) in [6.45, 7) is 7.82. The molecule has 1 fully saturated rings. The first-order valence-electron chi connectivity index (χ1n) is 8.09. The highest BCUT2D eigenvalue weighted by Crippen LogP contribution is 2.27. The van der Waals surface area contributed by atoms with E-state index in [1.54, 1.807) is 34.9 Å². The lowest BCUT2D eigenvalue weighted by Gasteiger charge is -2.34. The van der Waals surface area contributed by atoms with Gasteiger partial charge in [0.2, 0.25) is 0 Å². The molecule has 0 atom stereocenters. The summed E-state index contributed by atoms with van der Waals surface area (Å²) < 4.78 is 10.5. The minimum atomic E-state index is -0.331. The van der Waals surface area contributed by atoms with Crippen LogP contribution >= 0.6 is 11.6 Å². The third-order valence-electron chi connectivity index (χ3n) is 3.63. The van der Waals surface area contributed by atoms with Gasteiger partial charge in [0.05, 0.1) is 17.7 Å². The lowest BCUT2D eigenvalue weighted by Crippen LogP contribution is -2.50. The smallest absolute Gasteiger partial charge is 0.409 e. The fourth-order valence-electron chi connectivity index (χ4n) is 2.47. The molecule has 24 heavy (non-hydrogen) atoms. The zero-order valence-electron chi connectivity index (χ0n) is 14.3. The molecule has 0 aromatic heterocycles. The maximum absolute atomic E-state index is 12.6. The van der Waals surface area contributed by atoms with E-state index in [0.29, 0.717) is 49.1 Å². The van der Waals surface area contributed by atoms with E-state index in [2.05, 4.69) is 0 Å². The highest BCUT2D eigenvalue weighted by Gasteiger charge is 2.25. The summed E-state index contributed by atoms with van der Waals surface area (Å²) in [6, 6.07) is 5.05. The van der Waals surface area contributed by atoms with Crippen LogP contribution in [-0.4, -0.2) is 60.7 Å². The van der Waals surface area contributed by atoms with Crippen molar-refractivity contribution in [3.8, 4) is 5.75 Å². The van der Waals surface area contributed by atoms with Crippen LogP contribution in [-0.2, 0) is 4.74 Å². The lowest BCUT2D eigenvalue weighted by atomic mass is 10.1. The van der Waals surface area contributed by atoms with Crippen molar-refractivity contribution in [1.29, 1.82) is 0 Å². The highest BCUT2D eigenvalue weighted by molar-refractivity contribution is 6.32. The number of rotatable bonds is 4. The van der Waals surface area contributed by atoms with Gasteiger partial charge < -0.3 is 19.3 Å². The number of benzene rings is 1. The normalized spacial score (nSPS) is 14.7. The van der Waals surface area contributed by atoms with Crippen molar-refractivity contribution in [2.75, 3.05) is 32.8 Å². The van der Waals surface area contributed by atoms with Crippen LogP contribution in [0.4, 0.5) is 4.79 Å². The maximum Gasteiger partial charge on any atom is 0.409 e. The largest absolute Gasteiger partial charge is 0.489 e. The van der Waals surface area contributed by atoms with Crippen LogP contribution < -0.4 is 4.74 Å². The number of hydrogen-bond donors (Lipinski definition) is 0. The molecular weight excluding hydrogens is 332 g/mol. The second-order valence-corrected chi connectivity index (χ2v) is 6.20. The van der Waals surface area contributed by atoms with Crippen LogP contribution in [0.15, 0.2) is 18.2 Å². The maximum atomic E-state index is 12.6. The number of amides is 2. The summed E-state index contributed by atoms with van der Waals surface area (Å²) >= 11 is 6.19. The zero-order valence-corrected chi connectivity index (χ0v) is 15.0. The Hall–Kier alpha value is -1.95. The van der Waals surface area contributed by atoms with Crippen molar-refractivity contribution < 1.29 is 19.1 Å². The Morgan fingerprint density at radius 2 is 1.79 bits per heavy atom.